The second-order valence-corrected chi connectivity index (χ2v) is 7.09. The first-order chi connectivity index (χ1) is 14.1. The second kappa shape index (κ2) is 9.95. The van der Waals surface area contributed by atoms with Crippen molar-refractivity contribution in [2.75, 3.05) is 44.6 Å². The number of ether oxygens (including phenoxy) is 2. The predicted molar refractivity (Wildman–Crippen MR) is 113 cm³/mol. The Morgan fingerprint density at radius 3 is 2.62 bits per heavy atom. The van der Waals surface area contributed by atoms with Gasteiger partial charge in [0, 0.05) is 39.3 Å². The Kier molecular flexibility index (Phi) is 7.10. The first-order valence-electron chi connectivity index (χ1n) is 9.86. The molecule has 1 aromatic carbocycles. The molecular weight excluding hydrogens is 370 g/mol. The zero-order valence-electron chi connectivity index (χ0n) is 17.3. The Balaban J connectivity index is 1.45. The van der Waals surface area contributed by atoms with Crippen LogP contribution in [0.5, 0.6) is 11.5 Å². The van der Waals surface area contributed by atoms with E-state index >= 15 is 0 Å². The summed E-state index contributed by atoms with van der Waals surface area (Å²) < 4.78 is 10.6. The average Bonchev–Trinajstić information content (AvgIpc) is 2.78. The molecule has 156 valence electrons. The minimum Gasteiger partial charge on any atom is -0.493 e. The molecule has 0 bridgehead atoms. The van der Waals surface area contributed by atoms with Crippen molar-refractivity contribution in [3.05, 3.63) is 36.0 Å². The molecule has 0 spiro atoms. The number of carbonyl (C=O) groups excluding carboxylic acids is 1. The van der Waals surface area contributed by atoms with E-state index in [1.54, 1.807) is 20.4 Å². The minimum atomic E-state index is 0.0812. The number of nitrogens with one attached hydrogen (secondary N) is 2. The molecule has 2 N–H and O–H groups in total. The van der Waals surface area contributed by atoms with Crippen LogP contribution in [0.3, 0.4) is 0 Å². The quantitative estimate of drug-likeness (QED) is 0.705. The van der Waals surface area contributed by atoms with E-state index < -0.39 is 0 Å². The number of benzene rings is 1. The third-order valence-electron chi connectivity index (χ3n) is 5.21. The topological polar surface area (TPSA) is 88.6 Å². The maximum atomic E-state index is 12.4. The lowest BCUT2D eigenvalue weighted by Gasteiger charge is -2.32. The molecule has 0 aliphatic carbocycles. The lowest BCUT2D eigenvalue weighted by atomic mass is 9.93. The number of nitrogens with zero attached hydrogens (tertiary/aromatic N) is 3. The van der Waals surface area contributed by atoms with Crippen molar-refractivity contribution >= 4 is 17.7 Å². The van der Waals surface area contributed by atoms with Crippen molar-refractivity contribution in [3.8, 4) is 11.5 Å². The summed E-state index contributed by atoms with van der Waals surface area (Å²) in [5.74, 6) is 3.37. The van der Waals surface area contributed by atoms with Crippen LogP contribution in [0.15, 0.2) is 30.5 Å². The first kappa shape index (κ1) is 20.7. The van der Waals surface area contributed by atoms with Crippen molar-refractivity contribution in [2.24, 2.45) is 5.92 Å². The number of anilines is 2. The van der Waals surface area contributed by atoms with E-state index in [9.17, 15) is 4.79 Å². The standard InChI is InChI=1S/C21H29N5O3/c1-22-21-23-9-6-19(25-21)26-10-7-15(8-11-26)13-20(27)24-14-16-4-5-17(28-2)18(12-16)29-3/h4-6,9,12,15H,7-8,10-11,13-14H2,1-3H3,(H,24,27)(H,22,23,25). The zero-order valence-corrected chi connectivity index (χ0v) is 17.3. The summed E-state index contributed by atoms with van der Waals surface area (Å²) >= 11 is 0. The highest BCUT2D eigenvalue weighted by Gasteiger charge is 2.22. The Morgan fingerprint density at radius 1 is 1.17 bits per heavy atom. The fraction of sp³-hybridized carbons (Fsp3) is 0.476. The molecule has 8 nitrogen and oxygen atoms in total. The molecule has 0 radical (unpaired) electrons. The van der Waals surface area contributed by atoms with E-state index in [-0.39, 0.29) is 5.91 Å². The molecule has 1 aliphatic heterocycles. The van der Waals surface area contributed by atoms with Gasteiger partial charge in [0.25, 0.3) is 0 Å². The number of hydrogen-bond acceptors (Lipinski definition) is 7. The van der Waals surface area contributed by atoms with Crippen LogP contribution >= 0.6 is 0 Å². The van der Waals surface area contributed by atoms with Gasteiger partial charge < -0.3 is 25.0 Å². The van der Waals surface area contributed by atoms with E-state index in [1.165, 1.54) is 0 Å². The molecule has 0 atom stereocenters. The van der Waals surface area contributed by atoms with Crippen LogP contribution in [0.25, 0.3) is 0 Å². The molecule has 1 saturated heterocycles. The van der Waals surface area contributed by atoms with E-state index in [4.69, 9.17) is 9.47 Å². The Morgan fingerprint density at radius 2 is 1.93 bits per heavy atom. The van der Waals surface area contributed by atoms with Crippen LogP contribution in [0, 0.1) is 5.92 Å². The molecule has 8 heteroatoms. The van der Waals surface area contributed by atoms with Crippen LogP contribution in [-0.2, 0) is 11.3 Å². The largest absolute Gasteiger partial charge is 0.493 e. The van der Waals surface area contributed by atoms with E-state index in [0.29, 0.717) is 36.3 Å². The van der Waals surface area contributed by atoms with Crippen LogP contribution in [0.1, 0.15) is 24.8 Å². The number of rotatable bonds is 8. The SMILES string of the molecule is CNc1nccc(N2CCC(CC(=O)NCc3ccc(OC)c(OC)c3)CC2)n1. The highest BCUT2D eigenvalue weighted by Crippen LogP contribution is 2.28. The third kappa shape index (κ3) is 5.49. The van der Waals surface area contributed by atoms with Gasteiger partial charge in [0.2, 0.25) is 11.9 Å². The van der Waals surface area contributed by atoms with Gasteiger partial charge in [-0.05, 0) is 42.5 Å². The molecule has 29 heavy (non-hydrogen) atoms. The predicted octanol–water partition coefficient (Wildman–Crippen LogP) is 2.46. The average molecular weight is 399 g/mol. The fourth-order valence-electron chi connectivity index (χ4n) is 3.54. The van der Waals surface area contributed by atoms with Crippen LogP contribution in [-0.4, -0.2) is 50.2 Å². The van der Waals surface area contributed by atoms with Gasteiger partial charge in [0.15, 0.2) is 11.5 Å². The summed E-state index contributed by atoms with van der Waals surface area (Å²) in [6.45, 7) is 2.27. The van der Waals surface area contributed by atoms with Gasteiger partial charge in [-0.1, -0.05) is 6.07 Å². The number of piperidine rings is 1. The molecule has 2 heterocycles. The van der Waals surface area contributed by atoms with Gasteiger partial charge in [-0.25, -0.2) is 4.98 Å². The summed E-state index contributed by atoms with van der Waals surface area (Å²) in [5, 5.41) is 5.98. The molecule has 0 unspecified atom stereocenters. The monoisotopic (exact) mass is 399 g/mol. The maximum absolute atomic E-state index is 12.4. The summed E-state index contributed by atoms with van der Waals surface area (Å²) in [7, 11) is 5.02. The molecule has 2 aromatic rings. The van der Waals surface area contributed by atoms with Gasteiger partial charge in [-0.2, -0.15) is 4.98 Å². The van der Waals surface area contributed by atoms with Gasteiger partial charge in [0.1, 0.15) is 5.82 Å². The number of aromatic nitrogens is 2. The molecule has 1 aliphatic rings. The maximum Gasteiger partial charge on any atom is 0.224 e. The van der Waals surface area contributed by atoms with Crippen LogP contribution < -0.4 is 25.0 Å². The first-order valence-corrected chi connectivity index (χ1v) is 9.86. The molecule has 1 amide bonds. The van der Waals surface area contributed by atoms with Crippen molar-refractivity contribution in [2.45, 2.75) is 25.8 Å². The zero-order chi connectivity index (χ0) is 20.6. The van der Waals surface area contributed by atoms with Crippen molar-refractivity contribution in [1.29, 1.82) is 0 Å². The van der Waals surface area contributed by atoms with E-state index in [2.05, 4.69) is 25.5 Å². The van der Waals surface area contributed by atoms with Gasteiger partial charge in [0.05, 0.1) is 14.2 Å². The van der Waals surface area contributed by atoms with E-state index in [1.807, 2.05) is 31.3 Å². The Bertz CT molecular complexity index is 822. The molecule has 1 aromatic heterocycles. The molecular formula is C21H29N5O3. The number of carbonyl (C=O) groups is 1. The number of amides is 1. The molecule has 3 rings (SSSR count). The molecule has 1 fully saturated rings. The van der Waals surface area contributed by atoms with Gasteiger partial charge >= 0.3 is 0 Å². The third-order valence-corrected chi connectivity index (χ3v) is 5.21. The van der Waals surface area contributed by atoms with Crippen molar-refractivity contribution < 1.29 is 14.3 Å². The lowest BCUT2D eigenvalue weighted by Crippen LogP contribution is -2.36. The number of hydrogen-bond donors (Lipinski definition) is 2. The summed E-state index contributed by atoms with van der Waals surface area (Å²) in [6.07, 6.45) is 4.26. The summed E-state index contributed by atoms with van der Waals surface area (Å²) in [6, 6.07) is 7.60. The van der Waals surface area contributed by atoms with Gasteiger partial charge in [-0.15, -0.1) is 0 Å². The minimum absolute atomic E-state index is 0.0812. The number of methoxy groups -OCH3 is 2. The van der Waals surface area contributed by atoms with Crippen molar-refractivity contribution in [1.82, 2.24) is 15.3 Å². The Hall–Kier alpha value is -3.03. The Labute approximate surface area is 171 Å². The lowest BCUT2D eigenvalue weighted by molar-refractivity contribution is -0.122. The summed E-state index contributed by atoms with van der Waals surface area (Å²) in [5.41, 5.74) is 0.981. The van der Waals surface area contributed by atoms with Crippen LogP contribution in [0.4, 0.5) is 11.8 Å². The second-order valence-electron chi connectivity index (χ2n) is 7.09. The molecule has 0 saturated carbocycles. The van der Waals surface area contributed by atoms with Crippen molar-refractivity contribution in [3.63, 3.8) is 0 Å². The highest BCUT2D eigenvalue weighted by molar-refractivity contribution is 5.76. The fourth-order valence-corrected chi connectivity index (χ4v) is 3.54. The highest BCUT2D eigenvalue weighted by atomic mass is 16.5. The normalized spacial score (nSPS) is 14.4. The summed E-state index contributed by atoms with van der Waals surface area (Å²) in [4.78, 5) is 23.3. The van der Waals surface area contributed by atoms with Crippen LogP contribution in [0.2, 0.25) is 0 Å². The van der Waals surface area contributed by atoms with E-state index in [0.717, 1.165) is 37.3 Å². The smallest absolute Gasteiger partial charge is 0.224 e. The van der Waals surface area contributed by atoms with Gasteiger partial charge in [-0.3, -0.25) is 4.79 Å².